The molecule has 0 unspecified atom stereocenters. The van der Waals surface area contributed by atoms with Crippen LogP contribution in [0.1, 0.15) is 23.6 Å². The number of carbonyl (C=O) groups is 2. The van der Waals surface area contributed by atoms with Crippen molar-refractivity contribution in [2.75, 3.05) is 6.61 Å². The minimum absolute atomic E-state index is 0.197. The Bertz CT molecular complexity index is 769. The van der Waals surface area contributed by atoms with E-state index in [0.717, 1.165) is 16.7 Å². The summed E-state index contributed by atoms with van der Waals surface area (Å²) in [6.45, 7) is 7.14. The number of carbonyl (C=O) groups excluding carboxylic acids is 2. The highest BCUT2D eigenvalue weighted by molar-refractivity contribution is 5.85. The second-order valence-electron chi connectivity index (χ2n) is 6.07. The van der Waals surface area contributed by atoms with Gasteiger partial charge >= 0.3 is 0 Å². The van der Waals surface area contributed by atoms with Crippen molar-refractivity contribution in [3.63, 3.8) is 0 Å². The van der Waals surface area contributed by atoms with Gasteiger partial charge in [-0.05, 0) is 50.5 Å². The van der Waals surface area contributed by atoms with Crippen molar-refractivity contribution in [1.82, 2.24) is 10.9 Å². The molecule has 2 N–H and O–H groups in total. The fraction of sp³-hybridized carbons (Fsp3) is 0.300. The molecular formula is C20H24N2O4. The first-order valence-corrected chi connectivity index (χ1v) is 8.38. The molecule has 1 atom stereocenters. The van der Waals surface area contributed by atoms with Crippen molar-refractivity contribution in [1.29, 1.82) is 0 Å². The lowest BCUT2D eigenvalue weighted by Crippen LogP contribution is -2.48. The number of para-hydroxylation sites is 2. The number of hydrogen-bond donors (Lipinski definition) is 2. The second kappa shape index (κ2) is 8.89. The summed E-state index contributed by atoms with van der Waals surface area (Å²) in [7, 11) is 0. The number of hydrogen-bond acceptors (Lipinski definition) is 4. The molecular weight excluding hydrogens is 332 g/mol. The third-order valence-corrected chi connectivity index (χ3v) is 3.85. The largest absolute Gasteiger partial charge is 0.483 e. The van der Waals surface area contributed by atoms with Gasteiger partial charge < -0.3 is 9.47 Å². The summed E-state index contributed by atoms with van der Waals surface area (Å²) >= 11 is 0. The fourth-order valence-electron chi connectivity index (χ4n) is 2.35. The number of aryl methyl sites for hydroxylation is 3. The molecule has 6 nitrogen and oxygen atoms in total. The summed E-state index contributed by atoms with van der Waals surface area (Å²) < 4.78 is 11.1. The maximum absolute atomic E-state index is 12.1. The zero-order valence-electron chi connectivity index (χ0n) is 15.5. The Morgan fingerprint density at radius 1 is 0.923 bits per heavy atom. The smallest absolute Gasteiger partial charge is 0.279 e. The molecule has 26 heavy (non-hydrogen) atoms. The molecule has 0 heterocycles. The molecule has 0 spiro atoms. The van der Waals surface area contributed by atoms with Gasteiger partial charge in [-0.15, -0.1) is 0 Å². The number of amides is 2. The predicted molar refractivity (Wildman–Crippen MR) is 99.0 cm³/mol. The first-order chi connectivity index (χ1) is 12.4. The minimum Gasteiger partial charge on any atom is -0.483 e. The maximum Gasteiger partial charge on any atom is 0.279 e. The van der Waals surface area contributed by atoms with Crippen LogP contribution < -0.4 is 20.3 Å². The zero-order valence-corrected chi connectivity index (χ0v) is 15.5. The molecule has 2 aromatic rings. The SMILES string of the molecule is Cc1ccccc1OCC(=O)NNC(=O)[C@@H](C)Oc1c(C)cccc1C. The van der Waals surface area contributed by atoms with Crippen LogP contribution >= 0.6 is 0 Å². The number of benzene rings is 2. The quantitative estimate of drug-likeness (QED) is 0.780. The van der Waals surface area contributed by atoms with Crippen molar-refractivity contribution in [3.05, 3.63) is 59.2 Å². The van der Waals surface area contributed by atoms with E-state index in [1.165, 1.54) is 0 Å². The standard InChI is InChI=1S/C20H24N2O4/c1-13-8-5-6-11-17(13)25-12-18(23)21-22-20(24)16(4)26-19-14(2)9-7-10-15(19)3/h5-11,16H,12H2,1-4H3,(H,21,23)(H,22,24)/t16-/m1/s1. The van der Waals surface area contributed by atoms with Gasteiger partial charge in [-0.25, -0.2) is 0 Å². The molecule has 2 amide bonds. The predicted octanol–water partition coefficient (Wildman–Crippen LogP) is 2.61. The van der Waals surface area contributed by atoms with Gasteiger partial charge in [0, 0.05) is 0 Å². The van der Waals surface area contributed by atoms with Gasteiger partial charge in [-0.1, -0.05) is 36.4 Å². The van der Waals surface area contributed by atoms with E-state index >= 15 is 0 Å². The molecule has 0 aliphatic heterocycles. The first-order valence-electron chi connectivity index (χ1n) is 8.38. The Morgan fingerprint density at radius 2 is 1.54 bits per heavy atom. The molecule has 0 aliphatic carbocycles. The number of ether oxygens (including phenoxy) is 2. The van der Waals surface area contributed by atoms with Crippen molar-refractivity contribution in [2.45, 2.75) is 33.8 Å². The van der Waals surface area contributed by atoms with Gasteiger partial charge in [0.2, 0.25) is 0 Å². The Balaban J connectivity index is 1.80. The van der Waals surface area contributed by atoms with Crippen LogP contribution in [-0.4, -0.2) is 24.5 Å². The van der Waals surface area contributed by atoms with E-state index in [1.807, 2.05) is 57.2 Å². The van der Waals surface area contributed by atoms with E-state index in [0.29, 0.717) is 11.5 Å². The number of nitrogens with one attached hydrogen (secondary N) is 2. The summed E-state index contributed by atoms with van der Waals surface area (Å²) in [6.07, 6.45) is -0.757. The van der Waals surface area contributed by atoms with Gasteiger partial charge in [0.25, 0.3) is 11.8 Å². The lowest BCUT2D eigenvalue weighted by atomic mass is 10.1. The first kappa shape index (κ1) is 19.3. The molecule has 6 heteroatoms. The van der Waals surface area contributed by atoms with Crippen LogP contribution in [0.4, 0.5) is 0 Å². The van der Waals surface area contributed by atoms with Crippen molar-refractivity contribution < 1.29 is 19.1 Å². The summed E-state index contributed by atoms with van der Waals surface area (Å²) in [6, 6.07) is 13.1. The molecule has 0 bridgehead atoms. The van der Waals surface area contributed by atoms with E-state index in [9.17, 15) is 9.59 Å². The van der Waals surface area contributed by atoms with Crippen LogP contribution in [0.25, 0.3) is 0 Å². The lowest BCUT2D eigenvalue weighted by Gasteiger charge is -2.18. The van der Waals surface area contributed by atoms with Gasteiger partial charge in [0.1, 0.15) is 11.5 Å². The summed E-state index contributed by atoms with van der Waals surface area (Å²) in [4.78, 5) is 23.9. The summed E-state index contributed by atoms with van der Waals surface area (Å²) in [5.41, 5.74) is 7.49. The minimum atomic E-state index is -0.757. The Kier molecular flexibility index (Phi) is 6.60. The fourth-order valence-corrected chi connectivity index (χ4v) is 2.35. The van der Waals surface area contributed by atoms with E-state index in [2.05, 4.69) is 10.9 Å². The number of hydrazine groups is 1. The van der Waals surface area contributed by atoms with Crippen LogP contribution in [0.15, 0.2) is 42.5 Å². The van der Waals surface area contributed by atoms with Gasteiger partial charge in [0.05, 0.1) is 0 Å². The Hall–Kier alpha value is -3.02. The van der Waals surface area contributed by atoms with E-state index in [4.69, 9.17) is 9.47 Å². The van der Waals surface area contributed by atoms with E-state index in [1.54, 1.807) is 13.0 Å². The van der Waals surface area contributed by atoms with Crippen molar-refractivity contribution in [3.8, 4) is 11.5 Å². The third-order valence-electron chi connectivity index (χ3n) is 3.85. The molecule has 0 radical (unpaired) electrons. The maximum atomic E-state index is 12.1. The highest BCUT2D eigenvalue weighted by Crippen LogP contribution is 2.23. The van der Waals surface area contributed by atoms with Crippen LogP contribution in [-0.2, 0) is 9.59 Å². The van der Waals surface area contributed by atoms with Gasteiger partial charge in [0.15, 0.2) is 12.7 Å². The highest BCUT2D eigenvalue weighted by Gasteiger charge is 2.17. The molecule has 2 rings (SSSR count). The number of rotatable bonds is 6. The molecule has 0 saturated carbocycles. The lowest BCUT2D eigenvalue weighted by molar-refractivity contribution is -0.133. The summed E-state index contributed by atoms with van der Waals surface area (Å²) in [5.74, 6) is 0.392. The molecule has 2 aromatic carbocycles. The van der Waals surface area contributed by atoms with Gasteiger partial charge in [-0.2, -0.15) is 0 Å². The Labute approximate surface area is 153 Å². The average molecular weight is 356 g/mol. The van der Waals surface area contributed by atoms with Crippen LogP contribution in [0, 0.1) is 20.8 Å². The van der Waals surface area contributed by atoms with Crippen LogP contribution in [0.2, 0.25) is 0 Å². The molecule has 0 saturated heterocycles. The second-order valence-corrected chi connectivity index (χ2v) is 6.07. The third kappa shape index (κ3) is 5.24. The van der Waals surface area contributed by atoms with Gasteiger partial charge in [-0.3, -0.25) is 20.4 Å². The van der Waals surface area contributed by atoms with Crippen molar-refractivity contribution >= 4 is 11.8 Å². The normalized spacial score (nSPS) is 11.4. The zero-order chi connectivity index (χ0) is 19.1. The topological polar surface area (TPSA) is 76.7 Å². The molecule has 138 valence electrons. The Morgan fingerprint density at radius 3 is 2.19 bits per heavy atom. The molecule has 0 aromatic heterocycles. The monoisotopic (exact) mass is 356 g/mol. The average Bonchev–Trinajstić information content (AvgIpc) is 2.62. The van der Waals surface area contributed by atoms with E-state index in [-0.39, 0.29) is 6.61 Å². The van der Waals surface area contributed by atoms with E-state index < -0.39 is 17.9 Å². The van der Waals surface area contributed by atoms with Crippen LogP contribution in [0.5, 0.6) is 11.5 Å². The highest BCUT2D eigenvalue weighted by atomic mass is 16.5. The molecule has 0 fully saturated rings. The van der Waals surface area contributed by atoms with Crippen LogP contribution in [0.3, 0.4) is 0 Å². The molecule has 0 aliphatic rings. The summed E-state index contributed by atoms with van der Waals surface area (Å²) in [5, 5.41) is 0. The van der Waals surface area contributed by atoms with Crippen molar-refractivity contribution in [2.24, 2.45) is 0 Å².